The van der Waals surface area contributed by atoms with Crippen molar-refractivity contribution < 1.29 is 53.9 Å². The highest BCUT2D eigenvalue weighted by Gasteiger charge is 2.43. The van der Waals surface area contributed by atoms with Gasteiger partial charge in [0.05, 0.1) is 34.8 Å². The van der Waals surface area contributed by atoms with Crippen molar-refractivity contribution in [3.8, 4) is 0 Å². The number of aromatic nitrogens is 6. The Bertz CT molecular complexity index is 3110. The molecule has 75 heavy (non-hydrogen) atoms. The zero-order chi connectivity index (χ0) is 53.3. The van der Waals surface area contributed by atoms with Gasteiger partial charge in [-0.15, -0.1) is 5.10 Å². The molecule has 0 saturated carbocycles. The Morgan fingerprint density at radius 2 is 0.840 bits per heavy atom. The van der Waals surface area contributed by atoms with Crippen LogP contribution in [0.3, 0.4) is 0 Å². The standard InChI is InChI=1S/3C17H17F3N4O/c18-9-1-2-13-11(7-9)10(4-6-22-13)16(25)24-14-3-5-17(19,20)8-12(14)15(21)23-24;2*18-9-1-2-13-11(7-9)10(4-6-22-13)16(25)24-15(21)12-8-17(19,20)5-3-14(12)23-24/h1-2,7,10,22H,3-6,8H2,(H2,21,23);2*1-2,7,10,22H,3-6,8,21H2/t;2*10-/m.10/s1. The number of nitrogens with one attached hydrogen (secondary N) is 3. The molecule has 0 radical (unpaired) electrons. The highest BCUT2D eigenvalue weighted by Crippen LogP contribution is 2.42. The molecular formula is C51H51F9N12O3. The Balaban J connectivity index is 0.000000128. The Morgan fingerprint density at radius 1 is 0.493 bits per heavy atom. The van der Waals surface area contributed by atoms with Gasteiger partial charge in [0.15, 0.2) is 0 Å². The molecule has 0 bridgehead atoms. The normalized spacial score (nSPS) is 21.2. The van der Waals surface area contributed by atoms with Crippen LogP contribution < -0.4 is 33.2 Å². The molecule has 9 N–H and O–H groups in total. The van der Waals surface area contributed by atoms with Crippen molar-refractivity contribution >= 4 is 52.2 Å². The van der Waals surface area contributed by atoms with Gasteiger partial charge in [0.1, 0.15) is 34.9 Å². The lowest BCUT2D eigenvalue weighted by atomic mass is 9.89. The molecular weight excluding hydrogens is 1000 g/mol. The van der Waals surface area contributed by atoms with Crippen molar-refractivity contribution in [2.24, 2.45) is 0 Å². The topological polar surface area (TPSA) is 219 Å². The van der Waals surface area contributed by atoms with E-state index in [9.17, 15) is 53.9 Å². The summed E-state index contributed by atoms with van der Waals surface area (Å²) >= 11 is 0. The van der Waals surface area contributed by atoms with Gasteiger partial charge in [-0.2, -0.15) is 19.6 Å². The number of nitrogens with zero attached hydrogens (tertiary/aromatic N) is 6. The molecule has 6 aliphatic rings. The fourth-order valence-corrected chi connectivity index (χ4v) is 10.9. The Morgan fingerprint density at radius 3 is 1.23 bits per heavy atom. The summed E-state index contributed by atoms with van der Waals surface area (Å²) in [6, 6.07) is 12.7. The SMILES string of the molecule is Nc1c2c(nn1C(=O)[C@@H]1CCNc3ccc(F)cc31)CCC(F)(F)C2.Nc1c2c(nn1C(=O)[C@H]1CCNc3ccc(F)cc31)CCC(F)(F)C2.Nc1nn(C(=O)C2CCNc3ccc(F)cc32)c2c1CC(F)(F)CC2. The molecule has 1 unspecified atom stereocenters. The molecule has 0 spiro atoms. The first-order valence-corrected chi connectivity index (χ1v) is 24.5. The average Bonchev–Trinajstić information content (AvgIpc) is 4.00. The number of alkyl halides is 6. The van der Waals surface area contributed by atoms with Gasteiger partial charge in [-0.1, -0.05) is 0 Å². The van der Waals surface area contributed by atoms with E-state index in [1.165, 1.54) is 36.4 Å². The van der Waals surface area contributed by atoms with Crippen molar-refractivity contribution in [1.29, 1.82) is 0 Å². The number of benzene rings is 3. The second-order valence-electron chi connectivity index (χ2n) is 19.8. The van der Waals surface area contributed by atoms with E-state index in [0.29, 0.717) is 89.7 Å². The van der Waals surface area contributed by atoms with Crippen LogP contribution in [0.1, 0.15) is 121 Å². The number of fused-ring (bicyclic) bond motifs is 6. The smallest absolute Gasteiger partial charge is 0.256 e. The summed E-state index contributed by atoms with van der Waals surface area (Å²) in [5.74, 6) is -12.9. The van der Waals surface area contributed by atoms with Crippen molar-refractivity contribution in [2.75, 3.05) is 52.8 Å². The molecule has 3 aromatic carbocycles. The third-order valence-electron chi connectivity index (χ3n) is 14.8. The highest BCUT2D eigenvalue weighted by molar-refractivity contribution is 5.92. The lowest BCUT2D eigenvalue weighted by molar-refractivity contribution is -0.0132. The van der Waals surface area contributed by atoms with Crippen LogP contribution in [0.2, 0.25) is 0 Å². The molecule has 0 amide bonds. The molecule has 6 heterocycles. The molecule has 0 fully saturated rings. The van der Waals surface area contributed by atoms with Crippen LogP contribution in [0.25, 0.3) is 0 Å². The predicted octanol–water partition coefficient (Wildman–Crippen LogP) is 8.90. The second-order valence-corrected chi connectivity index (χ2v) is 19.8. The zero-order valence-corrected chi connectivity index (χ0v) is 40.1. The zero-order valence-electron chi connectivity index (χ0n) is 40.1. The van der Waals surface area contributed by atoms with E-state index < -0.39 is 84.0 Å². The fourth-order valence-electron chi connectivity index (χ4n) is 10.9. The van der Waals surface area contributed by atoms with E-state index in [4.69, 9.17) is 17.2 Å². The number of halogens is 9. The molecule has 12 rings (SSSR count). The maximum absolute atomic E-state index is 13.6. The largest absolute Gasteiger partial charge is 0.385 e. The lowest BCUT2D eigenvalue weighted by Crippen LogP contribution is -2.31. The molecule has 24 heteroatoms. The van der Waals surface area contributed by atoms with Crippen molar-refractivity contribution in [3.63, 3.8) is 0 Å². The van der Waals surface area contributed by atoms with Crippen LogP contribution in [-0.4, -0.2) is 84.5 Å². The van der Waals surface area contributed by atoms with Crippen LogP contribution >= 0.6 is 0 Å². The van der Waals surface area contributed by atoms with Crippen LogP contribution in [0.15, 0.2) is 54.6 Å². The second kappa shape index (κ2) is 19.3. The number of aryl methyl sites for hydroxylation is 2. The van der Waals surface area contributed by atoms with E-state index in [0.717, 1.165) is 14.0 Å². The van der Waals surface area contributed by atoms with Crippen molar-refractivity contribution in [2.45, 2.75) is 113 Å². The summed E-state index contributed by atoms with van der Waals surface area (Å²) < 4.78 is 126. The number of anilines is 6. The number of carbonyl (C=O) groups is 3. The minimum Gasteiger partial charge on any atom is -0.385 e. The maximum atomic E-state index is 13.6. The van der Waals surface area contributed by atoms with Crippen LogP contribution in [-0.2, 0) is 38.5 Å². The molecule has 3 atom stereocenters. The van der Waals surface area contributed by atoms with Gasteiger partial charge in [-0.25, -0.2) is 44.2 Å². The van der Waals surface area contributed by atoms with E-state index in [1.54, 1.807) is 18.2 Å². The summed E-state index contributed by atoms with van der Waals surface area (Å²) in [5.41, 5.74) is 23.5. The average molecular weight is 1050 g/mol. The van der Waals surface area contributed by atoms with Crippen molar-refractivity contribution in [1.82, 2.24) is 29.3 Å². The fraction of sp³-hybridized carbons (Fsp3) is 0.412. The summed E-state index contributed by atoms with van der Waals surface area (Å²) in [6.07, 6.45) is -0.844. The first kappa shape index (κ1) is 51.0. The first-order chi connectivity index (χ1) is 35.6. The Hall–Kier alpha value is -7.53. The van der Waals surface area contributed by atoms with Crippen LogP contribution in [0.4, 0.5) is 74.0 Å². The van der Waals surface area contributed by atoms with Gasteiger partial charge in [-0.05, 0) is 110 Å². The maximum Gasteiger partial charge on any atom is 0.256 e. The number of nitrogen functional groups attached to an aromatic ring is 3. The molecule has 3 aliphatic heterocycles. The summed E-state index contributed by atoms with van der Waals surface area (Å²) in [6.45, 7) is 1.66. The summed E-state index contributed by atoms with van der Waals surface area (Å²) in [4.78, 5) is 38.9. The van der Waals surface area contributed by atoms with Gasteiger partial charge >= 0.3 is 0 Å². The van der Waals surface area contributed by atoms with Crippen LogP contribution in [0, 0.1) is 17.5 Å². The monoisotopic (exact) mass is 1050 g/mol. The summed E-state index contributed by atoms with van der Waals surface area (Å²) in [5, 5.41) is 21.8. The van der Waals surface area contributed by atoms with Gasteiger partial charge in [0.25, 0.3) is 35.5 Å². The van der Waals surface area contributed by atoms with E-state index in [2.05, 4.69) is 31.2 Å². The molecule has 3 aliphatic carbocycles. The van der Waals surface area contributed by atoms with E-state index in [-0.39, 0.29) is 78.6 Å². The quantitative estimate of drug-likeness (QED) is 0.0916. The molecule has 3 aromatic heterocycles. The van der Waals surface area contributed by atoms with Gasteiger partial charge in [-0.3, -0.25) is 14.4 Å². The van der Waals surface area contributed by atoms with Crippen molar-refractivity contribution in [3.05, 3.63) is 123 Å². The predicted molar refractivity (Wildman–Crippen MR) is 259 cm³/mol. The number of hydrogen-bond donors (Lipinski definition) is 6. The lowest BCUT2D eigenvalue weighted by Gasteiger charge is -2.27. The van der Waals surface area contributed by atoms with Crippen LogP contribution in [0.5, 0.6) is 0 Å². The number of carbonyl (C=O) groups excluding carboxylic acids is 3. The minimum atomic E-state index is -2.83. The molecule has 6 aromatic rings. The third kappa shape index (κ3) is 9.97. The van der Waals surface area contributed by atoms with E-state index >= 15 is 0 Å². The number of hydrogen-bond acceptors (Lipinski definition) is 12. The Kier molecular flexibility index (Phi) is 13.1. The highest BCUT2D eigenvalue weighted by atomic mass is 19.3. The van der Waals surface area contributed by atoms with E-state index in [1.807, 2.05) is 0 Å². The first-order valence-electron chi connectivity index (χ1n) is 24.5. The molecule has 396 valence electrons. The number of rotatable bonds is 3. The third-order valence-corrected chi connectivity index (χ3v) is 14.8. The Labute approximate surface area is 422 Å². The molecule has 0 saturated heterocycles. The minimum absolute atomic E-state index is 0.0314. The number of nitrogens with two attached hydrogens (primary N) is 3. The van der Waals surface area contributed by atoms with Gasteiger partial charge in [0, 0.05) is 91.9 Å². The summed E-state index contributed by atoms with van der Waals surface area (Å²) in [7, 11) is 0. The van der Waals surface area contributed by atoms with Gasteiger partial charge < -0.3 is 33.2 Å². The molecule has 15 nitrogen and oxygen atoms in total. The van der Waals surface area contributed by atoms with Gasteiger partial charge in [0.2, 0.25) is 0 Å².